The molecule has 4 aromatic rings. The maximum absolute atomic E-state index is 14.3. The van der Waals surface area contributed by atoms with Gasteiger partial charge in [-0.3, -0.25) is 20.0 Å². The van der Waals surface area contributed by atoms with E-state index < -0.39 is 48.2 Å². The van der Waals surface area contributed by atoms with Crippen LogP contribution in [0.25, 0.3) is 11.1 Å². The van der Waals surface area contributed by atoms with Gasteiger partial charge in [0.15, 0.2) is 5.49 Å². The largest absolute Gasteiger partial charge is 0.427 e. The number of nitrogens with zero attached hydrogens (tertiary/aromatic N) is 2. The van der Waals surface area contributed by atoms with Crippen molar-refractivity contribution < 1.29 is 32.4 Å². The van der Waals surface area contributed by atoms with Gasteiger partial charge in [-0.2, -0.15) is 17.9 Å². The van der Waals surface area contributed by atoms with Crippen LogP contribution in [0.2, 0.25) is 5.02 Å². The molecule has 49 heavy (non-hydrogen) atoms. The third kappa shape index (κ3) is 8.20. The van der Waals surface area contributed by atoms with E-state index in [9.17, 15) is 32.4 Å². The maximum atomic E-state index is 14.3. The lowest BCUT2D eigenvalue weighted by Crippen LogP contribution is -2.31. The maximum Gasteiger partial charge on any atom is 0.416 e. The molecule has 3 aromatic carbocycles. The molecular formula is C34H32ClF4N7O3. The van der Waals surface area contributed by atoms with Crippen molar-refractivity contribution in [3.63, 3.8) is 0 Å². The number of hydrogen-bond donors (Lipinski definition) is 6. The smallest absolute Gasteiger partial charge is 0.416 e. The topological polar surface area (TPSA) is 172 Å². The molecule has 0 saturated heterocycles. The Labute approximate surface area is 282 Å². The first kappa shape index (κ1) is 35.0. The van der Waals surface area contributed by atoms with E-state index in [1.54, 1.807) is 0 Å². The number of anilines is 1. The normalized spacial score (nSPS) is 13.5. The summed E-state index contributed by atoms with van der Waals surface area (Å²) in [6, 6.07) is 14.4. The first-order valence-corrected chi connectivity index (χ1v) is 15.5. The summed E-state index contributed by atoms with van der Waals surface area (Å²) in [6.45, 7) is -0.505. The molecule has 1 aromatic heterocycles. The van der Waals surface area contributed by atoms with Crippen molar-refractivity contribution in [1.82, 2.24) is 15.4 Å². The molecule has 1 aliphatic carbocycles. The van der Waals surface area contributed by atoms with Crippen molar-refractivity contribution >= 4 is 34.9 Å². The summed E-state index contributed by atoms with van der Waals surface area (Å²) in [5.74, 6) is -2.47. The summed E-state index contributed by atoms with van der Waals surface area (Å²) in [7, 11) is 0. The van der Waals surface area contributed by atoms with Gasteiger partial charge >= 0.3 is 6.18 Å². The van der Waals surface area contributed by atoms with Crippen molar-refractivity contribution in [2.75, 3.05) is 5.73 Å². The number of amidine groups is 1. The average Bonchev–Trinajstić information content (AvgIpc) is 3.01. The number of alkyl halides is 3. The van der Waals surface area contributed by atoms with Crippen LogP contribution in [-0.2, 0) is 30.5 Å². The number of rotatable bonds is 10. The van der Waals surface area contributed by atoms with Crippen LogP contribution in [0.3, 0.4) is 0 Å². The summed E-state index contributed by atoms with van der Waals surface area (Å²) in [5, 5.41) is 24.0. The second kappa shape index (κ2) is 14.4. The molecular weight excluding hydrogens is 666 g/mol. The van der Waals surface area contributed by atoms with Crippen molar-refractivity contribution in [3.8, 4) is 11.1 Å². The lowest BCUT2D eigenvalue weighted by Gasteiger charge is -2.22. The number of nitrogen functional groups attached to an aromatic ring is 2. The van der Waals surface area contributed by atoms with E-state index in [2.05, 4.69) is 15.6 Å². The van der Waals surface area contributed by atoms with Gasteiger partial charge in [0.1, 0.15) is 11.7 Å². The van der Waals surface area contributed by atoms with Gasteiger partial charge in [0.05, 0.1) is 34.3 Å². The number of nitrogens with one attached hydrogen (secondary N) is 3. The lowest BCUT2D eigenvalue weighted by atomic mass is 9.94. The van der Waals surface area contributed by atoms with Gasteiger partial charge in [0.25, 0.3) is 5.91 Å². The van der Waals surface area contributed by atoms with Gasteiger partial charge in [-0.05, 0) is 72.4 Å². The number of pyridine rings is 1. The van der Waals surface area contributed by atoms with Crippen molar-refractivity contribution in [2.45, 2.75) is 51.0 Å². The summed E-state index contributed by atoms with van der Waals surface area (Å²) in [5.41, 5.74) is 11.4. The van der Waals surface area contributed by atoms with Gasteiger partial charge in [-0.1, -0.05) is 35.9 Å². The van der Waals surface area contributed by atoms with E-state index >= 15 is 0 Å². The van der Waals surface area contributed by atoms with Crippen LogP contribution in [0.15, 0.2) is 71.7 Å². The zero-order valence-electron chi connectivity index (χ0n) is 25.9. The van der Waals surface area contributed by atoms with Gasteiger partial charge in [-0.15, -0.1) is 0 Å². The first-order chi connectivity index (χ1) is 23.2. The predicted octanol–water partition coefficient (Wildman–Crippen LogP) is 5.31. The minimum Gasteiger partial charge on any atom is -0.427 e. The Kier molecular flexibility index (Phi) is 10.3. The SMILES string of the molecule is N=C(N)c1ccc(CNC(=O)Cc2c(-c3cc(N)cc(C(=O)NCc4ccccc4C(F)(F)F)c3)c(Cl)cc(=NC3CCC3)n2O)cc1F. The van der Waals surface area contributed by atoms with Gasteiger partial charge in [-0.25, -0.2) is 4.39 Å². The fourth-order valence-corrected chi connectivity index (χ4v) is 5.66. The van der Waals surface area contributed by atoms with Crippen LogP contribution >= 0.6 is 11.6 Å². The van der Waals surface area contributed by atoms with E-state index in [0.29, 0.717) is 5.56 Å². The van der Waals surface area contributed by atoms with Gasteiger partial charge < -0.3 is 27.3 Å². The van der Waals surface area contributed by atoms with Crippen molar-refractivity contribution in [1.29, 1.82) is 5.41 Å². The standard InChI is InChI=1S/C34H32ClF4N7O3/c35-26-14-29(45-23-5-3-6-23)46(49)28(15-30(47)43-16-18-8-9-24(32(41)42)27(36)10-18)31(26)20-11-21(13-22(40)12-20)33(48)44-17-19-4-1-2-7-25(19)34(37,38)39/h1-2,4,7-14,23,49H,3,5-6,15-17,40H2,(H3,41,42)(H,43,47)(H,44,48). The highest BCUT2D eigenvalue weighted by Gasteiger charge is 2.33. The first-order valence-electron chi connectivity index (χ1n) is 15.1. The highest BCUT2D eigenvalue weighted by Crippen LogP contribution is 2.34. The van der Waals surface area contributed by atoms with E-state index in [4.69, 9.17) is 28.5 Å². The number of amides is 2. The van der Waals surface area contributed by atoms with Crippen LogP contribution in [0.4, 0.5) is 23.2 Å². The fourth-order valence-electron chi connectivity index (χ4n) is 5.35. The number of carbonyl (C=O) groups excluding carboxylic acids is 2. The number of halogens is 5. The molecule has 1 aliphatic rings. The third-order valence-electron chi connectivity index (χ3n) is 8.06. The number of nitrogens with two attached hydrogens (primary N) is 2. The highest BCUT2D eigenvalue weighted by molar-refractivity contribution is 6.33. The Balaban J connectivity index is 1.45. The quantitative estimate of drug-likeness (QED) is 0.0433. The second-order valence-electron chi connectivity index (χ2n) is 11.6. The Morgan fingerprint density at radius 3 is 2.43 bits per heavy atom. The van der Waals surface area contributed by atoms with E-state index in [1.165, 1.54) is 54.6 Å². The van der Waals surface area contributed by atoms with Crippen molar-refractivity contribution in [2.24, 2.45) is 10.7 Å². The highest BCUT2D eigenvalue weighted by atomic mass is 35.5. The molecule has 10 nitrogen and oxygen atoms in total. The minimum atomic E-state index is -4.61. The molecule has 0 aliphatic heterocycles. The average molecular weight is 698 g/mol. The Bertz CT molecular complexity index is 2010. The molecule has 0 atom stereocenters. The minimum absolute atomic E-state index is 0.00489. The Morgan fingerprint density at radius 1 is 1.04 bits per heavy atom. The zero-order valence-corrected chi connectivity index (χ0v) is 26.6. The lowest BCUT2D eigenvalue weighted by molar-refractivity contribution is -0.138. The molecule has 15 heteroatoms. The molecule has 8 N–H and O–H groups in total. The third-order valence-corrected chi connectivity index (χ3v) is 8.35. The molecule has 2 amide bonds. The monoisotopic (exact) mass is 697 g/mol. The Morgan fingerprint density at radius 2 is 1.78 bits per heavy atom. The molecule has 0 unspecified atom stereocenters. The van der Waals surface area contributed by atoms with Gasteiger partial charge in [0, 0.05) is 36.0 Å². The Hall–Kier alpha value is -5.37. The van der Waals surface area contributed by atoms with Crippen LogP contribution in [0.1, 0.15) is 57.6 Å². The molecule has 256 valence electrons. The molecule has 0 spiro atoms. The summed E-state index contributed by atoms with van der Waals surface area (Å²) >= 11 is 6.75. The summed E-state index contributed by atoms with van der Waals surface area (Å²) in [4.78, 5) is 31.0. The number of benzene rings is 3. The second-order valence-corrected chi connectivity index (χ2v) is 12.0. The summed E-state index contributed by atoms with van der Waals surface area (Å²) in [6.07, 6.45) is -2.44. The fraction of sp³-hybridized carbons (Fsp3) is 0.235. The zero-order chi connectivity index (χ0) is 35.5. The number of carbonyl (C=O) groups is 2. The number of hydrogen-bond acceptors (Lipinski definition) is 6. The van der Waals surface area contributed by atoms with Crippen LogP contribution in [0, 0.1) is 11.2 Å². The van der Waals surface area contributed by atoms with E-state index in [-0.39, 0.29) is 62.3 Å². The van der Waals surface area contributed by atoms with Gasteiger partial charge in [0.2, 0.25) is 5.91 Å². The molecule has 5 rings (SSSR count). The molecule has 1 saturated carbocycles. The molecule has 1 fully saturated rings. The summed E-state index contributed by atoms with van der Waals surface area (Å²) < 4.78 is 55.5. The predicted molar refractivity (Wildman–Crippen MR) is 175 cm³/mol. The van der Waals surface area contributed by atoms with E-state index in [1.807, 2.05) is 0 Å². The van der Waals surface area contributed by atoms with Crippen LogP contribution in [0.5, 0.6) is 0 Å². The van der Waals surface area contributed by atoms with Crippen LogP contribution < -0.4 is 27.6 Å². The molecule has 0 bridgehead atoms. The van der Waals surface area contributed by atoms with Crippen molar-refractivity contribution in [3.05, 3.63) is 117 Å². The van der Waals surface area contributed by atoms with E-state index in [0.717, 1.165) is 36.1 Å². The molecule has 0 radical (unpaired) electrons. The molecule has 1 heterocycles. The number of aromatic nitrogens is 1. The van der Waals surface area contributed by atoms with Crippen LogP contribution in [-0.4, -0.2) is 33.6 Å².